The number of ether oxygens (including phenoxy) is 1. The van der Waals surface area contributed by atoms with Gasteiger partial charge < -0.3 is 19.5 Å². The minimum Gasteiger partial charge on any atom is -0.462 e. The molecule has 6 nitrogen and oxygen atoms in total. The van der Waals surface area contributed by atoms with Crippen molar-refractivity contribution in [2.24, 2.45) is 11.8 Å². The Morgan fingerprint density at radius 3 is 2.76 bits per heavy atom. The molecular weight excluding hydrogens is 428 g/mol. The molecule has 1 aromatic heterocycles. The van der Waals surface area contributed by atoms with Gasteiger partial charge in [-0.1, -0.05) is 20.3 Å². The maximum atomic E-state index is 15.9. The maximum absolute atomic E-state index is 15.9. The van der Waals surface area contributed by atoms with E-state index in [4.69, 9.17) is 4.74 Å². The van der Waals surface area contributed by atoms with Gasteiger partial charge in [-0.2, -0.15) is 0 Å². The molecule has 0 bridgehead atoms. The van der Waals surface area contributed by atoms with Crippen molar-refractivity contribution in [2.45, 2.75) is 58.0 Å². The molecule has 1 aliphatic carbocycles. The molecule has 3 aliphatic rings. The van der Waals surface area contributed by atoms with Gasteiger partial charge >= 0.3 is 5.97 Å². The van der Waals surface area contributed by atoms with Crippen molar-refractivity contribution >= 4 is 22.6 Å². The van der Waals surface area contributed by atoms with E-state index >= 15 is 8.78 Å². The van der Waals surface area contributed by atoms with Gasteiger partial charge in [0, 0.05) is 31.4 Å². The molecule has 1 N–H and O–H groups in total. The van der Waals surface area contributed by atoms with E-state index in [0.29, 0.717) is 19.0 Å². The van der Waals surface area contributed by atoms with Crippen LogP contribution in [-0.2, 0) is 4.74 Å². The second-order valence-corrected chi connectivity index (χ2v) is 9.91. The van der Waals surface area contributed by atoms with Crippen LogP contribution >= 0.6 is 0 Å². The summed E-state index contributed by atoms with van der Waals surface area (Å²) >= 11 is 0. The van der Waals surface area contributed by atoms with Gasteiger partial charge in [0.15, 0.2) is 5.82 Å². The molecule has 0 radical (unpaired) electrons. The van der Waals surface area contributed by atoms with Crippen LogP contribution in [0.1, 0.15) is 62.4 Å². The standard InChI is InChI=1S/C25H31F2N3O3/c1-3-14(2)13-33-25(32)18-11-30(16-6-7-16)22-17(24(18)31)9-19(26)23(21(22)27)29-10-15-5-4-8-28-20(15)12-29/h9,11,14-16,20,28H,3-8,10,12-13H2,1-2H3/t14-,15?,20?/m0/s1. The van der Waals surface area contributed by atoms with E-state index in [1.807, 2.05) is 13.8 Å². The zero-order chi connectivity index (χ0) is 23.3. The van der Waals surface area contributed by atoms with Crippen molar-refractivity contribution in [3.63, 3.8) is 0 Å². The Bertz CT molecular complexity index is 1130. The average molecular weight is 460 g/mol. The van der Waals surface area contributed by atoms with Crippen molar-refractivity contribution in [1.82, 2.24) is 9.88 Å². The number of anilines is 1. The van der Waals surface area contributed by atoms with E-state index in [1.165, 1.54) is 6.20 Å². The Morgan fingerprint density at radius 2 is 2.06 bits per heavy atom. The summed E-state index contributed by atoms with van der Waals surface area (Å²) in [6.45, 7) is 6.19. The van der Waals surface area contributed by atoms with Crippen molar-refractivity contribution in [3.05, 3.63) is 39.7 Å². The van der Waals surface area contributed by atoms with Gasteiger partial charge in [0.2, 0.25) is 5.43 Å². The fraction of sp³-hybridized carbons (Fsp3) is 0.600. The van der Waals surface area contributed by atoms with Crippen molar-refractivity contribution in [3.8, 4) is 0 Å². The lowest BCUT2D eigenvalue weighted by atomic mass is 9.94. The van der Waals surface area contributed by atoms with Crippen molar-refractivity contribution in [2.75, 3.05) is 31.1 Å². The van der Waals surface area contributed by atoms with E-state index in [9.17, 15) is 9.59 Å². The number of rotatable bonds is 6. The van der Waals surface area contributed by atoms with E-state index in [2.05, 4.69) is 5.32 Å². The molecule has 1 aromatic carbocycles. The third-order valence-corrected chi connectivity index (χ3v) is 7.46. The number of fused-ring (bicyclic) bond motifs is 2. The molecule has 0 spiro atoms. The van der Waals surface area contributed by atoms with Gasteiger partial charge in [0.25, 0.3) is 0 Å². The van der Waals surface area contributed by atoms with E-state index in [0.717, 1.165) is 44.7 Å². The lowest BCUT2D eigenvalue weighted by molar-refractivity contribution is 0.0445. The summed E-state index contributed by atoms with van der Waals surface area (Å²) in [5.41, 5.74) is -0.836. The first kappa shape index (κ1) is 22.3. The molecule has 3 fully saturated rings. The minimum atomic E-state index is -0.761. The number of carbonyl (C=O) groups is 1. The Hall–Kier alpha value is -2.48. The Morgan fingerprint density at radius 1 is 1.27 bits per heavy atom. The molecule has 3 atom stereocenters. The van der Waals surface area contributed by atoms with Crippen LogP contribution in [-0.4, -0.2) is 42.8 Å². The summed E-state index contributed by atoms with van der Waals surface area (Å²) in [5, 5.41) is 3.35. The number of hydrogen-bond donors (Lipinski definition) is 1. The zero-order valence-corrected chi connectivity index (χ0v) is 19.2. The minimum absolute atomic E-state index is 0.00940. The summed E-state index contributed by atoms with van der Waals surface area (Å²) in [6, 6.07) is 1.32. The number of aromatic nitrogens is 1. The van der Waals surface area contributed by atoms with Crippen LogP contribution in [0.25, 0.3) is 10.9 Å². The molecular formula is C25H31F2N3O3. The van der Waals surface area contributed by atoms with Gasteiger partial charge in [0.05, 0.1) is 17.5 Å². The zero-order valence-electron chi connectivity index (χ0n) is 19.2. The molecule has 33 heavy (non-hydrogen) atoms. The van der Waals surface area contributed by atoms with E-state index in [1.54, 1.807) is 9.47 Å². The monoisotopic (exact) mass is 459 g/mol. The van der Waals surface area contributed by atoms with Gasteiger partial charge in [-0.05, 0) is 50.1 Å². The van der Waals surface area contributed by atoms with Gasteiger partial charge in [0.1, 0.15) is 17.1 Å². The van der Waals surface area contributed by atoms with Crippen LogP contribution in [0.2, 0.25) is 0 Å². The number of hydrogen-bond acceptors (Lipinski definition) is 5. The molecule has 2 unspecified atom stereocenters. The van der Waals surface area contributed by atoms with Crippen LogP contribution < -0.4 is 15.6 Å². The molecule has 0 amide bonds. The van der Waals surface area contributed by atoms with Crippen LogP contribution in [0.15, 0.2) is 17.1 Å². The highest BCUT2D eigenvalue weighted by Crippen LogP contribution is 2.40. The fourth-order valence-corrected chi connectivity index (χ4v) is 5.15. The Labute approximate surface area is 191 Å². The predicted octanol–water partition coefficient (Wildman–Crippen LogP) is 4.01. The smallest absolute Gasteiger partial charge is 0.343 e. The summed E-state index contributed by atoms with van der Waals surface area (Å²) in [7, 11) is 0. The highest BCUT2D eigenvalue weighted by atomic mass is 19.1. The second-order valence-electron chi connectivity index (χ2n) is 9.91. The predicted molar refractivity (Wildman–Crippen MR) is 123 cm³/mol. The summed E-state index contributed by atoms with van der Waals surface area (Å²) < 4.78 is 38.2. The number of benzene rings is 1. The third-order valence-electron chi connectivity index (χ3n) is 7.46. The Balaban J connectivity index is 1.58. The first-order chi connectivity index (χ1) is 15.9. The highest BCUT2D eigenvalue weighted by Gasteiger charge is 2.38. The summed E-state index contributed by atoms with van der Waals surface area (Å²) in [4.78, 5) is 27.6. The molecule has 2 aromatic rings. The highest BCUT2D eigenvalue weighted by molar-refractivity contribution is 5.95. The van der Waals surface area contributed by atoms with E-state index < -0.39 is 23.0 Å². The molecule has 1 saturated carbocycles. The summed E-state index contributed by atoms with van der Waals surface area (Å²) in [6.07, 6.45) is 6.00. The van der Waals surface area contributed by atoms with Crippen LogP contribution in [0.5, 0.6) is 0 Å². The van der Waals surface area contributed by atoms with Crippen LogP contribution in [0.4, 0.5) is 14.5 Å². The number of halogens is 2. The molecule has 178 valence electrons. The number of nitrogens with one attached hydrogen (secondary N) is 1. The number of esters is 1. The largest absolute Gasteiger partial charge is 0.462 e. The molecule has 2 saturated heterocycles. The van der Waals surface area contributed by atoms with Crippen molar-refractivity contribution < 1.29 is 18.3 Å². The molecule has 5 rings (SSSR count). The number of carbonyl (C=O) groups excluding carboxylic acids is 1. The Kier molecular flexibility index (Phi) is 5.89. The van der Waals surface area contributed by atoms with Gasteiger partial charge in [-0.3, -0.25) is 4.79 Å². The number of piperidine rings is 1. The fourth-order valence-electron chi connectivity index (χ4n) is 5.15. The molecule has 8 heteroatoms. The molecule has 2 aliphatic heterocycles. The summed E-state index contributed by atoms with van der Waals surface area (Å²) in [5.74, 6) is -1.69. The first-order valence-electron chi connectivity index (χ1n) is 12.1. The lowest BCUT2D eigenvalue weighted by Crippen LogP contribution is -2.40. The van der Waals surface area contributed by atoms with Crippen molar-refractivity contribution in [1.29, 1.82) is 0 Å². The van der Waals surface area contributed by atoms with Crippen LogP contribution in [0, 0.1) is 23.5 Å². The maximum Gasteiger partial charge on any atom is 0.343 e. The normalized spacial score (nSPS) is 23.6. The van der Waals surface area contributed by atoms with Crippen LogP contribution in [0.3, 0.4) is 0 Å². The molecule has 3 heterocycles. The topological polar surface area (TPSA) is 63.6 Å². The quantitative estimate of drug-likeness (QED) is 0.662. The third kappa shape index (κ3) is 4.03. The lowest BCUT2D eigenvalue weighted by Gasteiger charge is -2.24. The average Bonchev–Trinajstić information content (AvgIpc) is 3.56. The van der Waals surface area contributed by atoms with Gasteiger partial charge in [-0.15, -0.1) is 0 Å². The van der Waals surface area contributed by atoms with Gasteiger partial charge in [-0.25, -0.2) is 13.6 Å². The SMILES string of the molecule is CC[C@H](C)COC(=O)c1cn(C2CC2)c2c(F)c(N3CC4CCCNC4C3)c(F)cc2c1=O. The number of nitrogens with zero attached hydrogens (tertiary/aromatic N) is 2. The van der Waals surface area contributed by atoms with E-state index in [-0.39, 0.29) is 46.8 Å². The second kappa shape index (κ2) is 8.70. The first-order valence-corrected chi connectivity index (χ1v) is 12.1. The number of pyridine rings is 1.